The van der Waals surface area contributed by atoms with E-state index in [1.54, 1.807) is 19.1 Å². The summed E-state index contributed by atoms with van der Waals surface area (Å²) in [6.45, 7) is 5.65. The highest BCUT2D eigenvalue weighted by atomic mass is 16.5. The van der Waals surface area contributed by atoms with Gasteiger partial charge in [-0.1, -0.05) is 5.16 Å². The van der Waals surface area contributed by atoms with E-state index in [-0.39, 0.29) is 5.78 Å². The van der Waals surface area contributed by atoms with E-state index in [9.17, 15) is 4.79 Å². The van der Waals surface area contributed by atoms with E-state index in [4.69, 9.17) is 9.26 Å². The minimum Gasteiger partial charge on any atom is -0.485 e. The Labute approximate surface area is 106 Å². The number of benzene rings is 1. The highest BCUT2D eigenvalue weighted by molar-refractivity contribution is 5.94. The molecule has 0 fully saturated rings. The van der Waals surface area contributed by atoms with Crippen LogP contribution in [-0.4, -0.2) is 10.9 Å². The quantitative estimate of drug-likeness (QED) is 0.777. The maximum absolute atomic E-state index is 11.2. The molecule has 0 bridgehead atoms. The molecule has 1 heterocycles. The zero-order valence-corrected chi connectivity index (χ0v) is 10.7. The third-order valence-corrected chi connectivity index (χ3v) is 2.63. The van der Waals surface area contributed by atoms with Crippen LogP contribution in [0.4, 0.5) is 0 Å². The minimum atomic E-state index is 0.0514. The summed E-state index contributed by atoms with van der Waals surface area (Å²) in [7, 11) is 0. The van der Waals surface area contributed by atoms with Gasteiger partial charge in [0.15, 0.2) is 11.5 Å². The maximum Gasteiger partial charge on any atom is 0.174 e. The molecule has 0 unspecified atom stereocenters. The minimum absolute atomic E-state index is 0.0514. The van der Waals surface area contributed by atoms with Crippen LogP contribution in [0.5, 0.6) is 5.75 Å². The molecule has 0 N–H and O–H groups in total. The summed E-state index contributed by atoms with van der Waals surface area (Å²) in [5.74, 6) is 1.48. The van der Waals surface area contributed by atoms with Crippen molar-refractivity contribution in [3.8, 4) is 5.75 Å². The van der Waals surface area contributed by atoms with Gasteiger partial charge in [-0.3, -0.25) is 4.79 Å². The second-order valence-electron chi connectivity index (χ2n) is 4.26. The van der Waals surface area contributed by atoms with Crippen molar-refractivity contribution in [2.45, 2.75) is 27.4 Å². The topological polar surface area (TPSA) is 52.3 Å². The van der Waals surface area contributed by atoms with E-state index in [0.717, 1.165) is 17.0 Å². The van der Waals surface area contributed by atoms with Crippen LogP contribution < -0.4 is 4.74 Å². The molecular formula is C14H15NO3. The molecule has 1 aromatic heterocycles. The first-order valence-corrected chi connectivity index (χ1v) is 5.73. The molecule has 0 radical (unpaired) electrons. The largest absolute Gasteiger partial charge is 0.485 e. The standard InChI is InChI=1S/C14H15NO3/c1-9-6-12(11(3)16)4-5-14(9)17-8-13-7-10(2)15-18-13/h4-7H,8H2,1-3H3. The zero-order valence-electron chi connectivity index (χ0n) is 10.7. The summed E-state index contributed by atoms with van der Waals surface area (Å²) < 4.78 is 10.7. The van der Waals surface area contributed by atoms with Crippen LogP contribution in [0.2, 0.25) is 0 Å². The second-order valence-corrected chi connectivity index (χ2v) is 4.26. The number of nitrogens with zero attached hydrogens (tertiary/aromatic N) is 1. The molecule has 0 aliphatic carbocycles. The Morgan fingerprint density at radius 2 is 2.11 bits per heavy atom. The van der Waals surface area contributed by atoms with Crippen molar-refractivity contribution in [1.29, 1.82) is 0 Å². The Balaban J connectivity index is 2.08. The van der Waals surface area contributed by atoms with Gasteiger partial charge in [0.2, 0.25) is 0 Å². The van der Waals surface area contributed by atoms with Crippen LogP contribution in [0.25, 0.3) is 0 Å². The van der Waals surface area contributed by atoms with Gasteiger partial charge in [0.1, 0.15) is 12.4 Å². The van der Waals surface area contributed by atoms with E-state index in [1.165, 1.54) is 0 Å². The lowest BCUT2D eigenvalue weighted by Crippen LogP contribution is -1.98. The number of hydrogen-bond donors (Lipinski definition) is 0. The molecule has 0 saturated carbocycles. The second kappa shape index (κ2) is 5.04. The fourth-order valence-corrected chi connectivity index (χ4v) is 1.66. The van der Waals surface area contributed by atoms with Crippen molar-refractivity contribution in [2.24, 2.45) is 0 Å². The van der Waals surface area contributed by atoms with E-state index in [0.29, 0.717) is 17.9 Å². The molecule has 1 aromatic carbocycles. The Kier molecular flexibility index (Phi) is 3.46. The Morgan fingerprint density at radius 1 is 1.33 bits per heavy atom. The van der Waals surface area contributed by atoms with Gasteiger partial charge in [0.05, 0.1) is 5.69 Å². The Hall–Kier alpha value is -2.10. The number of ether oxygens (including phenoxy) is 1. The summed E-state index contributed by atoms with van der Waals surface area (Å²) in [6, 6.07) is 7.22. The maximum atomic E-state index is 11.2. The lowest BCUT2D eigenvalue weighted by molar-refractivity contribution is 0.101. The third-order valence-electron chi connectivity index (χ3n) is 2.63. The van der Waals surface area contributed by atoms with Crippen LogP contribution in [0.1, 0.15) is 34.3 Å². The fourth-order valence-electron chi connectivity index (χ4n) is 1.66. The molecule has 0 spiro atoms. The van der Waals surface area contributed by atoms with Gasteiger partial charge < -0.3 is 9.26 Å². The summed E-state index contributed by atoms with van der Waals surface area (Å²) in [5, 5.41) is 3.79. The lowest BCUT2D eigenvalue weighted by Gasteiger charge is -2.08. The smallest absolute Gasteiger partial charge is 0.174 e. The van der Waals surface area contributed by atoms with Crippen LogP contribution in [0.15, 0.2) is 28.8 Å². The van der Waals surface area contributed by atoms with Crippen LogP contribution in [-0.2, 0) is 6.61 Å². The van der Waals surface area contributed by atoms with Gasteiger partial charge in [-0.05, 0) is 44.5 Å². The van der Waals surface area contributed by atoms with Crippen molar-refractivity contribution in [2.75, 3.05) is 0 Å². The first kappa shape index (κ1) is 12.4. The summed E-state index contributed by atoms with van der Waals surface area (Å²) in [5.41, 5.74) is 2.45. The SMILES string of the molecule is CC(=O)c1ccc(OCc2cc(C)no2)c(C)c1. The molecule has 4 heteroatoms. The molecule has 0 amide bonds. The van der Waals surface area contributed by atoms with Crippen molar-refractivity contribution < 1.29 is 14.1 Å². The molecule has 0 saturated heterocycles. The number of ketones is 1. The van der Waals surface area contributed by atoms with Gasteiger partial charge in [0.25, 0.3) is 0 Å². The molecule has 2 aromatic rings. The number of carbonyl (C=O) groups excluding carboxylic acids is 1. The van der Waals surface area contributed by atoms with Gasteiger partial charge >= 0.3 is 0 Å². The van der Waals surface area contributed by atoms with Gasteiger partial charge in [-0.15, -0.1) is 0 Å². The van der Waals surface area contributed by atoms with Crippen LogP contribution in [0.3, 0.4) is 0 Å². The van der Waals surface area contributed by atoms with Crippen molar-refractivity contribution >= 4 is 5.78 Å². The highest BCUT2D eigenvalue weighted by Gasteiger charge is 2.06. The first-order valence-electron chi connectivity index (χ1n) is 5.73. The van der Waals surface area contributed by atoms with E-state index in [1.807, 2.05) is 26.0 Å². The first-order chi connectivity index (χ1) is 8.56. The molecule has 94 valence electrons. The van der Waals surface area contributed by atoms with E-state index < -0.39 is 0 Å². The summed E-state index contributed by atoms with van der Waals surface area (Å²) in [6.07, 6.45) is 0. The molecule has 4 nitrogen and oxygen atoms in total. The molecule has 2 rings (SSSR count). The van der Waals surface area contributed by atoms with Crippen molar-refractivity contribution in [3.63, 3.8) is 0 Å². The predicted octanol–water partition coefficient (Wildman–Crippen LogP) is 3.07. The molecule has 0 aliphatic heterocycles. The van der Waals surface area contributed by atoms with Crippen molar-refractivity contribution in [3.05, 3.63) is 46.8 Å². The Bertz CT molecular complexity index is 572. The molecular weight excluding hydrogens is 230 g/mol. The molecule has 18 heavy (non-hydrogen) atoms. The van der Waals surface area contributed by atoms with Gasteiger partial charge in [-0.2, -0.15) is 0 Å². The Morgan fingerprint density at radius 3 is 2.67 bits per heavy atom. The normalized spacial score (nSPS) is 10.4. The van der Waals surface area contributed by atoms with Crippen molar-refractivity contribution in [1.82, 2.24) is 5.16 Å². The molecule has 0 aliphatic rings. The van der Waals surface area contributed by atoms with Gasteiger partial charge in [-0.25, -0.2) is 0 Å². The predicted molar refractivity (Wildman–Crippen MR) is 66.8 cm³/mol. The fraction of sp³-hybridized carbons (Fsp3) is 0.286. The number of hydrogen-bond acceptors (Lipinski definition) is 4. The zero-order chi connectivity index (χ0) is 13.1. The van der Waals surface area contributed by atoms with E-state index >= 15 is 0 Å². The molecule has 0 atom stereocenters. The van der Waals surface area contributed by atoms with Gasteiger partial charge in [0, 0.05) is 11.6 Å². The average molecular weight is 245 g/mol. The third kappa shape index (κ3) is 2.77. The lowest BCUT2D eigenvalue weighted by atomic mass is 10.1. The number of aromatic nitrogens is 1. The van der Waals surface area contributed by atoms with Crippen LogP contribution in [0, 0.1) is 13.8 Å². The number of carbonyl (C=O) groups is 1. The summed E-state index contributed by atoms with van der Waals surface area (Å²) >= 11 is 0. The summed E-state index contributed by atoms with van der Waals surface area (Å²) in [4.78, 5) is 11.2. The number of rotatable bonds is 4. The monoisotopic (exact) mass is 245 g/mol. The van der Waals surface area contributed by atoms with E-state index in [2.05, 4.69) is 5.16 Å². The number of Topliss-reactive ketones (excluding diaryl/α,β-unsaturated/α-hetero) is 1. The van der Waals surface area contributed by atoms with Crippen LogP contribution >= 0.6 is 0 Å². The average Bonchev–Trinajstić information content (AvgIpc) is 2.73. The number of aryl methyl sites for hydroxylation is 2. The highest BCUT2D eigenvalue weighted by Crippen LogP contribution is 2.20.